The molecule has 3 aromatic rings. The van der Waals surface area contributed by atoms with Gasteiger partial charge < -0.3 is 10.2 Å². The number of aromatic nitrogens is 4. The predicted molar refractivity (Wildman–Crippen MR) is 129 cm³/mol. The molecule has 4 heterocycles. The van der Waals surface area contributed by atoms with Crippen LogP contribution in [0.25, 0.3) is 0 Å². The molecule has 33 heavy (non-hydrogen) atoms. The minimum absolute atomic E-state index is 0. The number of nitrogens with one attached hydrogen (secondary N) is 1. The second-order valence-electron chi connectivity index (χ2n) is 8.84. The Morgan fingerprint density at radius 1 is 1.12 bits per heavy atom. The van der Waals surface area contributed by atoms with Gasteiger partial charge in [0.1, 0.15) is 11.9 Å². The fourth-order valence-electron chi connectivity index (χ4n) is 4.27. The number of rotatable bonds is 6. The molecule has 0 radical (unpaired) electrons. The zero-order valence-electron chi connectivity index (χ0n) is 19.2. The van der Waals surface area contributed by atoms with Gasteiger partial charge in [-0.3, -0.25) is 19.4 Å². The highest BCUT2D eigenvalue weighted by Gasteiger charge is 2.34. The van der Waals surface area contributed by atoms with E-state index >= 15 is 0 Å². The van der Waals surface area contributed by atoms with E-state index in [4.69, 9.17) is 4.98 Å². The van der Waals surface area contributed by atoms with Crippen LogP contribution in [0, 0.1) is 25.6 Å². The van der Waals surface area contributed by atoms with Crippen LogP contribution in [0.3, 0.4) is 0 Å². The lowest BCUT2D eigenvalue weighted by Crippen LogP contribution is -2.49. The molecule has 0 saturated heterocycles. The summed E-state index contributed by atoms with van der Waals surface area (Å²) in [7, 11) is 1.97. The van der Waals surface area contributed by atoms with Crippen molar-refractivity contribution < 1.29 is 9.18 Å². The summed E-state index contributed by atoms with van der Waals surface area (Å²) in [4.78, 5) is 23.4. The van der Waals surface area contributed by atoms with Gasteiger partial charge in [-0.25, -0.2) is 4.39 Å². The van der Waals surface area contributed by atoms with Crippen molar-refractivity contribution in [3.05, 3.63) is 64.7 Å². The number of carbonyl (C=O) groups excluding carboxylic acids is 1. The molecule has 3 aromatic heterocycles. The maximum absolute atomic E-state index is 13.7. The van der Waals surface area contributed by atoms with E-state index in [1.54, 1.807) is 17.8 Å². The number of fused-ring (bicyclic) bond motifs is 1. The van der Waals surface area contributed by atoms with Gasteiger partial charge in [-0.1, -0.05) is 21.3 Å². The van der Waals surface area contributed by atoms with E-state index in [0.717, 1.165) is 46.7 Å². The van der Waals surface area contributed by atoms with Crippen molar-refractivity contribution in [3.8, 4) is 0 Å². The van der Waals surface area contributed by atoms with E-state index in [2.05, 4.69) is 40.2 Å². The van der Waals surface area contributed by atoms with Crippen LogP contribution in [0.5, 0.6) is 0 Å². The highest BCUT2D eigenvalue weighted by molar-refractivity contribution is 6.04. The summed E-state index contributed by atoms with van der Waals surface area (Å²) < 4.78 is 15.5. The van der Waals surface area contributed by atoms with Crippen LogP contribution in [-0.2, 0) is 24.2 Å². The van der Waals surface area contributed by atoms with Gasteiger partial charge in [0, 0.05) is 25.1 Å². The Morgan fingerprint density at radius 2 is 1.88 bits per heavy atom. The zero-order chi connectivity index (χ0) is 23.0. The summed E-state index contributed by atoms with van der Waals surface area (Å²) in [5.74, 6) is -0.0820. The number of hydrogen-bond acceptors (Lipinski definition) is 5. The SMILES string of the molecule is C.Cc1ncc(Cn2cc(CCc3cc4c(c(C)n3)NC(=O)[C@H](C(C)C)N4C)cn2)cc1F. The van der Waals surface area contributed by atoms with Gasteiger partial charge in [0.05, 0.1) is 35.5 Å². The molecule has 1 amide bonds. The fourth-order valence-corrected chi connectivity index (χ4v) is 4.27. The molecule has 1 N–H and O–H groups in total. The average Bonchev–Trinajstić information content (AvgIpc) is 3.17. The quantitative estimate of drug-likeness (QED) is 0.603. The van der Waals surface area contributed by atoms with Crippen molar-refractivity contribution in [2.75, 3.05) is 17.3 Å². The maximum Gasteiger partial charge on any atom is 0.247 e. The third-order valence-electron chi connectivity index (χ3n) is 5.96. The Morgan fingerprint density at radius 3 is 2.58 bits per heavy atom. The Hall–Kier alpha value is -3.29. The summed E-state index contributed by atoms with van der Waals surface area (Å²) in [5, 5.41) is 7.44. The fraction of sp³-hybridized carbons (Fsp3) is 0.440. The lowest BCUT2D eigenvalue weighted by atomic mass is 9.97. The van der Waals surface area contributed by atoms with Gasteiger partial charge in [0.2, 0.25) is 5.91 Å². The van der Waals surface area contributed by atoms with E-state index in [0.29, 0.717) is 12.2 Å². The summed E-state index contributed by atoms with van der Waals surface area (Å²) in [6, 6.07) is 3.38. The van der Waals surface area contributed by atoms with Crippen molar-refractivity contribution in [1.82, 2.24) is 19.7 Å². The highest BCUT2D eigenvalue weighted by atomic mass is 19.1. The van der Waals surface area contributed by atoms with E-state index < -0.39 is 0 Å². The number of carbonyl (C=O) groups is 1. The maximum atomic E-state index is 13.7. The summed E-state index contributed by atoms with van der Waals surface area (Å²) in [6.07, 6.45) is 7.04. The van der Waals surface area contributed by atoms with Gasteiger partial charge >= 0.3 is 0 Å². The molecule has 0 aromatic carbocycles. The van der Waals surface area contributed by atoms with E-state index in [1.165, 1.54) is 6.07 Å². The number of anilines is 2. The Balaban J connectivity index is 0.00000306. The molecule has 4 rings (SSSR count). The lowest BCUT2D eigenvalue weighted by molar-refractivity contribution is -0.118. The second-order valence-corrected chi connectivity index (χ2v) is 8.84. The number of amides is 1. The molecule has 1 atom stereocenters. The summed E-state index contributed by atoms with van der Waals surface area (Å²) >= 11 is 0. The van der Waals surface area contributed by atoms with Gasteiger partial charge in [0.15, 0.2) is 0 Å². The van der Waals surface area contributed by atoms with Crippen LogP contribution in [0.1, 0.15) is 49.5 Å². The monoisotopic (exact) mass is 452 g/mol. The molecule has 0 spiro atoms. The number of hydrogen-bond donors (Lipinski definition) is 1. The first-order valence-electron chi connectivity index (χ1n) is 10.9. The van der Waals surface area contributed by atoms with Crippen LogP contribution in [0.2, 0.25) is 0 Å². The Kier molecular flexibility index (Phi) is 7.15. The van der Waals surface area contributed by atoms with Gasteiger partial charge in [-0.15, -0.1) is 0 Å². The Bertz CT molecular complexity index is 1160. The van der Waals surface area contributed by atoms with Gasteiger partial charge in [-0.05, 0) is 55.9 Å². The van der Waals surface area contributed by atoms with Gasteiger partial charge in [0.25, 0.3) is 0 Å². The third kappa shape index (κ3) is 5.05. The van der Waals surface area contributed by atoms with Crippen LogP contribution >= 0.6 is 0 Å². The van der Waals surface area contributed by atoms with Crippen molar-refractivity contribution in [2.24, 2.45) is 5.92 Å². The second kappa shape index (κ2) is 9.68. The number of likely N-dealkylation sites (N-methyl/N-ethyl adjacent to an activating group) is 1. The van der Waals surface area contributed by atoms with Crippen molar-refractivity contribution in [2.45, 2.75) is 60.5 Å². The first kappa shape index (κ1) is 24.4. The third-order valence-corrected chi connectivity index (χ3v) is 5.96. The van der Waals surface area contributed by atoms with Crippen molar-refractivity contribution in [1.29, 1.82) is 0 Å². The van der Waals surface area contributed by atoms with E-state index in [1.807, 2.05) is 26.4 Å². The van der Waals surface area contributed by atoms with Crippen LogP contribution in [-0.4, -0.2) is 38.7 Å². The average molecular weight is 453 g/mol. The lowest BCUT2D eigenvalue weighted by Gasteiger charge is -2.38. The molecule has 0 bridgehead atoms. The molecule has 1 aliphatic heterocycles. The molecule has 0 aliphatic carbocycles. The van der Waals surface area contributed by atoms with Crippen LogP contribution in [0.15, 0.2) is 30.7 Å². The molecular weight excluding hydrogens is 419 g/mol. The number of halogens is 1. The largest absolute Gasteiger partial charge is 0.361 e. The molecule has 0 unspecified atom stereocenters. The normalized spacial score (nSPS) is 15.3. The zero-order valence-corrected chi connectivity index (χ0v) is 19.2. The first-order chi connectivity index (χ1) is 15.2. The van der Waals surface area contributed by atoms with Crippen LogP contribution < -0.4 is 10.2 Å². The molecule has 0 fully saturated rings. The minimum Gasteiger partial charge on any atom is -0.361 e. The van der Waals surface area contributed by atoms with Gasteiger partial charge in [-0.2, -0.15) is 5.10 Å². The molecule has 8 heteroatoms. The first-order valence-corrected chi connectivity index (χ1v) is 10.9. The smallest absolute Gasteiger partial charge is 0.247 e. The standard InChI is InChI=1S/C24H29FN6O.CH4/c1-14(2)23-24(32)29-22-16(4)28-19(9-21(22)30(23)5)7-6-17-11-27-31(12-17)13-18-8-20(25)15(3)26-10-18;/h8-12,14,23H,6-7,13H2,1-5H3,(H,29,32);1H4/t23-;/m0./s1. The molecule has 1 aliphatic rings. The van der Waals surface area contributed by atoms with E-state index in [-0.39, 0.29) is 31.1 Å². The number of pyridine rings is 2. The number of aryl methyl sites for hydroxylation is 4. The minimum atomic E-state index is -0.301. The van der Waals surface area contributed by atoms with Crippen molar-refractivity contribution in [3.63, 3.8) is 0 Å². The molecule has 7 nitrogen and oxygen atoms in total. The summed E-state index contributed by atoms with van der Waals surface area (Å²) in [5.41, 5.74) is 5.87. The van der Waals surface area contributed by atoms with Crippen molar-refractivity contribution >= 4 is 17.3 Å². The van der Waals surface area contributed by atoms with Crippen LogP contribution in [0.4, 0.5) is 15.8 Å². The predicted octanol–water partition coefficient (Wildman–Crippen LogP) is 4.31. The molecular formula is C25H33FN6O. The molecule has 0 saturated carbocycles. The number of nitrogens with zero attached hydrogens (tertiary/aromatic N) is 5. The van der Waals surface area contributed by atoms with E-state index in [9.17, 15) is 9.18 Å². The summed E-state index contributed by atoms with van der Waals surface area (Å²) in [6.45, 7) is 8.16. The highest BCUT2D eigenvalue weighted by Crippen LogP contribution is 2.35. The topological polar surface area (TPSA) is 75.9 Å². The Labute approximate surface area is 195 Å². The molecule has 176 valence electrons.